The van der Waals surface area contributed by atoms with Crippen LogP contribution in [0.1, 0.15) is 27.5 Å². The molecule has 116 valence electrons. The molecule has 0 aromatic heterocycles. The molecule has 0 spiro atoms. The van der Waals surface area contributed by atoms with E-state index in [1.165, 1.54) is 18.2 Å². The van der Waals surface area contributed by atoms with Crippen molar-refractivity contribution in [1.29, 1.82) is 0 Å². The maximum absolute atomic E-state index is 12.1. The van der Waals surface area contributed by atoms with Crippen molar-refractivity contribution >= 4 is 5.97 Å². The fourth-order valence-corrected chi connectivity index (χ4v) is 2.02. The van der Waals surface area contributed by atoms with Gasteiger partial charge in [-0.05, 0) is 29.3 Å². The number of ether oxygens (including phenoxy) is 1. The summed E-state index contributed by atoms with van der Waals surface area (Å²) in [5.41, 5.74) is 6.90. The molecule has 0 aliphatic heterocycles. The lowest BCUT2D eigenvalue weighted by Crippen LogP contribution is -2.18. The average molecular weight is 311 g/mol. The summed E-state index contributed by atoms with van der Waals surface area (Å²) < 4.78 is 40.1. The minimum absolute atomic E-state index is 0.0469. The molecule has 0 saturated carbocycles. The normalized spacial score (nSPS) is 12.7. The van der Waals surface area contributed by atoms with Gasteiger partial charge in [-0.25, -0.2) is 4.79 Å². The van der Waals surface area contributed by atoms with Crippen molar-refractivity contribution in [3.63, 3.8) is 0 Å². The molecule has 0 heterocycles. The van der Waals surface area contributed by atoms with E-state index >= 15 is 0 Å². The van der Waals surface area contributed by atoms with Crippen molar-refractivity contribution in [2.45, 2.75) is 12.4 Å². The number of benzene rings is 2. The van der Waals surface area contributed by atoms with Gasteiger partial charge < -0.3 is 15.6 Å². The first-order valence-corrected chi connectivity index (χ1v) is 6.21. The summed E-state index contributed by atoms with van der Waals surface area (Å²) in [7, 11) is 0. The van der Waals surface area contributed by atoms with Gasteiger partial charge in [0.25, 0.3) is 0 Å². The largest absolute Gasteiger partial charge is 0.573 e. The molecule has 0 bridgehead atoms. The van der Waals surface area contributed by atoms with Gasteiger partial charge in [-0.1, -0.05) is 30.3 Å². The van der Waals surface area contributed by atoms with Crippen LogP contribution < -0.4 is 10.5 Å². The highest BCUT2D eigenvalue weighted by molar-refractivity contribution is 5.89. The summed E-state index contributed by atoms with van der Waals surface area (Å²) in [4.78, 5) is 11.2. The molecule has 7 heteroatoms. The first-order valence-electron chi connectivity index (χ1n) is 6.21. The first kappa shape index (κ1) is 15.8. The smallest absolute Gasteiger partial charge is 0.478 e. The van der Waals surface area contributed by atoms with Crippen LogP contribution in [0.25, 0.3) is 0 Å². The van der Waals surface area contributed by atoms with Crippen LogP contribution in [0.3, 0.4) is 0 Å². The summed E-state index contributed by atoms with van der Waals surface area (Å²) in [5.74, 6) is -1.49. The molecule has 0 radical (unpaired) electrons. The molecule has 0 aliphatic carbocycles. The minimum atomic E-state index is -4.76. The number of carboxylic acids is 1. The number of carbonyl (C=O) groups is 1. The third-order valence-electron chi connectivity index (χ3n) is 3.00. The van der Waals surface area contributed by atoms with Gasteiger partial charge in [0, 0.05) is 0 Å². The molecule has 2 aromatic carbocycles. The highest BCUT2D eigenvalue weighted by Gasteiger charge is 2.31. The van der Waals surface area contributed by atoms with Gasteiger partial charge >= 0.3 is 12.3 Å². The maximum atomic E-state index is 12.1. The van der Waals surface area contributed by atoms with E-state index in [2.05, 4.69) is 4.74 Å². The van der Waals surface area contributed by atoms with Gasteiger partial charge in [0.1, 0.15) is 5.75 Å². The molecular formula is C15H12F3NO3. The van der Waals surface area contributed by atoms with E-state index in [1.807, 2.05) is 0 Å². The number of carboxylic acid groups (broad SMARTS) is 1. The quantitative estimate of drug-likeness (QED) is 0.908. The zero-order valence-corrected chi connectivity index (χ0v) is 11.2. The number of nitrogens with two attached hydrogens (primary N) is 1. The van der Waals surface area contributed by atoms with Gasteiger partial charge in [-0.2, -0.15) is 0 Å². The van der Waals surface area contributed by atoms with Crippen LogP contribution in [0, 0.1) is 0 Å². The van der Waals surface area contributed by atoms with E-state index in [-0.39, 0.29) is 11.3 Å². The van der Waals surface area contributed by atoms with Gasteiger partial charge in [0.2, 0.25) is 0 Å². The summed E-state index contributed by atoms with van der Waals surface area (Å²) in [6.45, 7) is 0. The van der Waals surface area contributed by atoms with Gasteiger partial charge in [0.05, 0.1) is 11.6 Å². The van der Waals surface area contributed by atoms with E-state index in [4.69, 9.17) is 10.8 Å². The average Bonchev–Trinajstić information content (AvgIpc) is 2.45. The Hall–Kier alpha value is -2.54. The molecular weight excluding hydrogens is 299 g/mol. The molecule has 1 atom stereocenters. The predicted octanol–water partition coefficient (Wildman–Crippen LogP) is 3.33. The van der Waals surface area contributed by atoms with Gasteiger partial charge in [-0.3, -0.25) is 0 Å². The van der Waals surface area contributed by atoms with Crippen molar-refractivity contribution in [2.75, 3.05) is 0 Å². The van der Waals surface area contributed by atoms with E-state index < -0.39 is 18.4 Å². The van der Waals surface area contributed by atoms with Crippen molar-refractivity contribution in [3.8, 4) is 5.75 Å². The van der Waals surface area contributed by atoms with Crippen LogP contribution in [0.4, 0.5) is 13.2 Å². The van der Waals surface area contributed by atoms with Crippen LogP contribution in [-0.4, -0.2) is 17.4 Å². The Kier molecular flexibility index (Phi) is 4.37. The Balaban J connectivity index is 2.27. The molecule has 0 aliphatic rings. The summed E-state index contributed by atoms with van der Waals surface area (Å²) in [6, 6.07) is 10.4. The fourth-order valence-electron chi connectivity index (χ4n) is 2.02. The number of aromatic carboxylic acids is 1. The lowest BCUT2D eigenvalue weighted by atomic mass is 9.95. The summed E-state index contributed by atoms with van der Waals surface area (Å²) >= 11 is 0. The molecule has 0 saturated heterocycles. The van der Waals surface area contributed by atoms with E-state index in [0.717, 1.165) is 12.1 Å². The van der Waals surface area contributed by atoms with E-state index in [0.29, 0.717) is 11.1 Å². The number of alkyl halides is 3. The second-order valence-electron chi connectivity index (χ2n) is 4.49. The SMILES string of the molecule is N[C@@H](c1ccc(OC(F)(F)F)cc1)c1ccccc1C(=O)O. The van der Waals surface area contributed by atoms with E-state index in [9.17, 15) is 18.0 Å². The number of rotatable bonds is 4. The number of halogens is 3. The monoisotopic (exact) mass is 311 g/mol. The number of hydrogen-bond donors (Lipinski definition) is 2. The molecule has 4 nitrogen and oxygen atoms in total. The third kappa shape index (κ3) is 3.76. The Bertz CT molecular complexity index is 668. The highest BCUT2D eigenvalue weighted by atomic mass is 19.4. The summed E-state index contributed by atoms with van der Waals surface area (Å²) in [6.07, 6.45) is -4.76. The molecule has 2 rings (SSSR count). The topological polar surface area (TPSA) is 72.5 Å². The second kappa shape index (κ2) is 6.07. The van der Waals surface area contributed by atoms with Crippen molar-refractivity contribution in [1.82, 2.24) is 0 Å². The molecule has 22 heavy (non-hydrogen) atoms. The van der Waals surface area contributed by atoms with Crippen LogP contribution in [0.2, 0.25) is 0 Å². The van der Waals surface area contributed by atoms with Crippen LogP contribution in [-0.2, 0) is 0 Å². The van der Waals surface area contributed by atoms with Crippen molar-refractivity contribution in [3.05, 3.63) is 65.2 Å². The second-order valence-corrected chi connectivity index (χ2v) is 4.49. The third-order valence-corrected chi connectivity index (χ3v) is 3.00. The van der Waals surface area contributed by atoms with Crippen LogP contribution >= 0.6 is 0 Å². The lowest BCUT2D eigenvalue weighted by molar-refractivity contribution is -0.274. The molecule has 0 amide bonds. The molecule has 0 unspecified atom stereocenters. The Morgan fingerprint density at radius 1 is 1.09 bits per heavy atom. The van der Waals surface area contributed by atoms with Crippen molar-refractivity contribution in [2.24, 2.45) is 5.73 Å². The molecule has 2 aromatic rings. The zero-order chi connectivity index (χ0) is 16.3. The molecule has 3 N–H and O–H groups in total. The van der Waals surface area contributed by atoms with Gasteiger partial charge in [0.15, 0.2) is 0 Å². The number of hydrogen-bond acceptors (Lipinski definition) is 3. The highest BCUT2D eigenvalue weighted by Crippen LogP contribution is 2.27. The molecule has 0 fully saturated rings. The van der Waals surface area contributed by atoms with Gasteiger partial charge in [-0.15, -0.1) is 13.2 Å². The fraction of sp³-hybridized carbons (Fsp3) is 0.133. The Labute approximate surface area is 123 Å². The summed E-state index contributed by atoms with van der Waals surface area (Å²) in [5, 5.41) is 9.13. The first-order chi connectivity index (χ1) is 10.3. The predicted molar refractivity (Wildman–Crippen MR) is 72.6 cm³/mol. The van der Waals surface area contributed by atoms with E-state index in [1.54, 1.807) is 18.2 Å². The maximum Gasteiger partial charge on any atom is 0.573 e. The standard InChI is InChI=1S/C15H12F3NO3/c16-15(17,18)22-10-7-5-9(6-8-10)13(19)11-3-1-2-4-12(11)14(20)21/h1-8,13H,19H2,(H,20,21)/t13-/m0/s1. The van der Waals surface area contributed by atoms with Crippen LogP contribution in [0.5, 0.6) is 5.75 Å². The van der Waals surface area contributed by atoms with Crippen molar-refractivity contribution < 1.29 is 27.8 Å². The zero-order valence-electron chi connectivity index (χ0n) is 11.2. The minimum Gasteiger partial charge on any atom is -0.478 e. The Morgan fingerprint density at radius 3 is 2.23 bits per heavy atom. The lowest BCUT2D eigenvalue weighted by Gasteiger charge is -2.16. The Morgan fingerprint density at radius 2 is 1.68 bits per heavy atom. The van der Waals surface area contributed by atoms with Crippen LogP contribution in [0.15, 0.2) is 48.5 Å².